The van der Waals surface area contributed by atoms with Crippen molar-refractivity contribution in [3.63, 3.8) is 0 Å². The average molecular weight is 477 g/mol. The first-order valence-electron chi connectivity index (χ1n) is 12.4. The fourth-order valence-electron chi connectivity index (χ4n) is 7.65. The van der Waals surface area contributed by atoms with E-state index >= 15 is 0 Å². The van der Waals surface area contributed by atoms with Crippen LogP contribution in [0.4, 0.5) is 0 Å². The van der Waals surface area contributed by atoms with Gasteiger partial charge in [0.2, 0.25) is 5.91 Å². The Hall–Kier alpha value is -3.03. The summed E-state index contributed by atoms with van der Waals surface area (Å²) in [5.74, 6) is 0.432. The Bertz CT molecular complexity index is 1210. The van der Waals surface area contributed by atoms with Crippen LogP contribution in [0.25, 0.3) is 6.08 Å². The van der Waals surface area contributed by atoms with E-state index in [-0.39, 0.29) is 29.7 Å². The van der Waals surface area contributed by atoms with Gasteiger partial charge in [0.05, 0.1) is 29.6 Å². The monoisotopic (exact) mass is 476 g/mol. The molecule has 184 valence electrons. The number of nitrogens with zero attached hydrogens (tertiary/aromatic N) is 2. The molecule has 2 aliphatic carbocycles. The van der Waals surface area contributed by atoms with E-state index in [1.54, 1.807) is 41.7 Å². The van der Waals surface area contributed by atoms with Crippen LogP contribution < -0.4 is 4.74 Å². The Morgan fingerprint density at radius 2 is 2.20 bits per heavy atom. The Morgan fingerprint density at radius 1 is 1.37 bits per heavy atom. The van der Waals surface area contributed by atoms with Crippen molar-refractivity contribution in [1.82, 2.24) is 9.80 Å². The van der Waals surface area contributed by atoms with Gasteiger partial charge in [-0.1, -0.05) is 19.1 Å². The summed E-state index contributed by atoms with van der Waals surface area (Å²) >= 11 is 0. The van der Waals surface area contributed by atoms with E-state index in [1.807, 2.05) is 19.2 Å². The standard InChI is InChI=1S/C28H32N2O5/c1-4-11-30-12-10-27-23-19-6-7-20(31)25(23)35-26(27)24(17(2)15-28(27,33)21(30)14-19)29(3)22(32)8-5-18-9-13-34-16-18/h4-9,13,16-17,21,24,26,31,33H,1,10-12,14-15H2,2-3H3/b8-5+/t17-,21+,24-,26-,27-,28+/m0/s1. The minimum Gasteiger partial charge on any atom is -0.504 e. The first-order valence-corrected chi connectivity index (χ1v) is 12.4. The number of furan rings is 1. The molecule has 2 bridgehead atoms. The van der Waals surface area contributed by atoms with Crippen molar-refractivity contribution in [1.29, 1.82) is 0 Å². The molecule has 3 heterocycles. The highest BCUT2D eigenvalue weighted by molar-refractivity contribution is 5.92. The number of rotatable bonds is 5. The molecular formula is C28H32N2O5. The predicted molar refractivity (Wildman–Crippen MR) is 131 cm³/mol. The van der Waals surface area contributed by atoms with E-state index in [9.17, 15) is 15.0 Å². The van der Waals surface area contributed by atoms with Gasteiger partial charge in [-0.15, -0.1) is 6.58 Å². The number of phenolic OH excluding ortho intramolecular Hbond substituents is 1. The number of hydrogen-bond donors (Lipinski definition) is 2. The van der Waals surface area contributed by atoms with Crippen molar-refractivity contribution in [2.45, 2.75) is 55.4 Å². The highest BCUT2D eigenvalue weighted by Gasteiger charge is 2.74. The van der Waals surface area contributed by atoms with Gasteiger partial charge in [0, 0.05) is 36.8 Å². The molecule has 1 spiro atoms. The summed E-state index contributed by atoms with van der Waals surface area (Å²) in [4.78, 5) is 17.4. The molecule has 2 fully saturated rings. The molecule has 1 amide bonds. The Labute approximate surface area is 205 Å². The minimum absolute atomic E-state index is 0.0152. The van der Waals surface area contributed by atoms with E-state index in [4.69, 9.17) is 9.15 Å². The maximum atomic E-state index is 13.3. The smallest absolute Gasteiger partial charge is 0.246 e. The Kier molecular flexibility index (Phi) is 4.96. The lowest BCUT2D eigenvalue weighted by molar-refractivity contribution is -0.210. The second-order valence-corrected chi connectivity index (χ2v) is 10.6. The number of amides is 1. The molecule has 4 aliphatic rings. The normalized spacial score (nSPS) is 34.9. The van der Waals surface area contributed by atoms with Gasteiger partial charge >= 0.3 is 0 Å². The molecule has 1 aromatic carbocycles. The summed E-state index contributed by atoms with van der Waals surface area (Å²) in [5, 5.41) is 23.4. The molecule has 2 aromatic rings. The largest absolute Gasteiger partial charge is 0.504 e. The number of benzene rings is 1. The SMILES string of the molecule is C=CCN1CC[C@]23c4c5ccc(O)c4O[C@H]2[C@@H](N(C)C(=O)/C=C/c2ccoc2)[C@@H](C)C[C@@]3(O)[C@H]1C5. The van der Waals surface area contributed by atoms with E-state index in [0.717, 1.165) is 23.2 Å². The predicted octanol–water partition coefficient (Wildman–Crippen LogP) is 3.11. The lowest BCUT2D eigenvalue weighted by atomic mass is 9.46. The van der Waals surface area contributed by atoms with Crippen LogP contribution in [0.1, 0.15) is 36.5 Å². The number of ether oxygens (including phenoxy) is 1. The van der Waals surface area contributed by atoms with Crippen molar-refractivity contribution in [2.24, 2.45) is 5.92 Å². The first kappa shape index (κ1) is 22.4. The molecule has 2 aliphatic heterocycles. The van der Waals surface area contributed by atoms with Gasteiger partial charge in [0.25, 0.3) is 0 Å². The van der Waals surface area contributed by atoms with E-state index in [2.05, 4.69) is 18.4 Å². The quantitative estimate of drug-likeness (QED) is 0.510. The molecule has 0 radical (unpaired) electrons. The van der Waals surface area contributed by atoms with Crippen molar-refractivity contribution >= 4 is 12.0 Å². The third-order valence-corrected chi connectivity index (χ3v) is 9.02. The van der Waals surface area contributed by atoms with Gasteiger partial charge in [0.1, 0.15) is 6.10 Å². The molecule has 7 nitrogen and oxygen atoms in total. The number of aliphatic hydroxyl groups is 1. The molecule has 6 rings (SSSR count). The molecule has 2 N–H and O–H groups in total. The van der Waals surface area contributed by atoms with Gasteiger partial charge in [-0.25, -0.2) is 0 Å². The minimum atomic E-state index is -1.03. The van der Waals surface area contributed by atoms with Crippen LogP contribution in [0, 0.1) is 5.92 Å². The van der Waals surface area contributed by atoms with Gasteiger partial charge in [-0.05, 0) is 55.5 Å². The van der Waals surface area contributed by atoms with Crippen molar-refractivity contribution in [2.75, 3.05) is 20.1 Å². The maximum absolute atomic E-state index is 13.3. The zero-order chi connectivity index (χ0) is 24.5. The van der Waals surface area contributed by atoms with Crippen LogP contribution in [0.2, 0.25) is 0 Å². The topological polar surface area (TPSA) is 86.4 Å². The molecule has 6 atom stereocenters. The Morgan fingerprint density at radius 3 is 2.94 bits per heavy atom. The van der Waals surface area contributed by atoms with Crippen LogP contribution in [0.5, 0.6) is 11.5 Å². The zero-order valence-electron chi connectivity index (χ0n) is 20.2. The first-order chi connectivity index (χ1) is 16.8. The second kappa shape index (κ2) is 7.73. The summed E-state index contributed by atoms with van der Waals surface area (Å²) < 4.78 is 11.7. The van der Waals surface area contributed by atoms with Crippen molar-refractivity contribution in [3.05, 3.63) is 66.1 Å². The highest BCUT2D eigenvalue weighted by atomic mass is 16.5. The summed E-state index contributed by atoms with van der Waals surface area (Å²) in [6.07, 6.45) is 9.84. The lowest BCUT2D eigenvalue weighted by Gasteiger charge is -2.65. The highest BCUT2D eigenvalue weighted by Crippen LogP contribution is 2.66. The fraction of sp³-hybridized carbons (Fsp3) is 0.464. The second-order valence-electron chi connectivity index (χ2n) is 10.6. The van der Waals surface area contributed by atoms with Crippen molar-refractivity contribution < 1.29 is 24.2 Å². The van der Waals surface area contributed by atoms with E-state index < -0.39 is 17.1 Å². The number of carbonyl (C=O) groups excluding carboxylic acids is 1. The zero-order valence-corrected chi connectivity index (χ0v) is 20.2. The van der Waals surface area contributed by atoms with Gasteiger partial charge in [-0.3, -0.25) is 9.69 Å². The van der Waals surface area contributed by atoms with Crippen LogP contribution in [-0.4, -0.2) is 69.8 Å². The third kappa shape index (κ3) is 2.88. The summed E-state index contributed by atoms with van der Waals surface area (Å²) in [5.41, 5.74) is 1.17. The summed E-state index contributed by atoms with van der Waals surface area (Å²) in [7, 11) is 1.81. The number of piperidine rings is 1. The molecule has 0 unspecified atom stereocenters. The van der Waals surface area contributed by atoms with E-state index in [0.29, 0.717) is 31.6 Å². The summed E-state index contributed by atoms with van der Waals surface area (Å²) in [6.45, 7) is 7.54. The molecular weight excluding hydrogens is 444 g/mol. The average Bonchev–Trinajstić information content (AvgIpc) is 3.46. The number of hydrogen-bond acceptors (Lipinski definition) is 6. The number of likely N-dealkylation sites (tertiary alicyclic amines) is 1. The van der Waals surface area contributed by atoms with Gasteiger partial charge in [-0.2, -0.15) is 0 Å². The fourth-order valence-corrected chi connectivity index (χ4v) is 7.65. The van der Waals surface area contributed by atoms with Crippen LogP contribution >= 0.6 is 0 Å². The maximum Gasteiger partial charge on any atom is 0.246 e. The van der Waals surface area contributed by atoms with Crippen molar-refractivity contribution in [3.8, 4) is 11.5 Å². The number of phenols is 1. The molecule has 1 saturated carbocycles. The third-order valence-electron chi connectivity index (χ3n) is 9.02. The van der Waals surface area contributed by atoms with Crippen LogP contribution in [0.3, 0.4) is 0 Å². The number of carbonyl (C=O) groups is 1. The van der Waals surface area contributed by atoms with Crippen LogP contribution in [0.15, 0.2) is 53.9 Å². The molecule has 1 saturated heterocycles. The van der Waals surface area contributed by atoms with E-state index in [1.165, 1.54) is 0 Å². The van der Waals surface area contributed by atoms with Gasteiger partial charge < -0.3 is 24.3 Å². The molecule has 35 heavy (non-hydrogen) atoms. The number of aromatic hydroxyl groups is 1. The molecule has 1 aromatic heterocycles. The Balaban J connectivity index is 1.44. The molecule has 7 heteroatoms. The number of likely N-dealkylation sites (N-methyl/N-ethyl adjacent to an activating group) is 1. The van der Waals surface area contributed by atoms with Crippen LogP contribution in [-0.2, 0) is 16.6 Å². The van der Waals surface area contributed by atoms with Gasteiger partial charge in [0.15, 0.2) is 11.5 Å². The summed E-state index contributed by atoms with van der Waals surface area (Å²) in [6, 6.07) is 5.13. The lowest BCUT2D eigenvalue weighted by Crippen LogP contribution is -2.79.